The van der Waals surface area contributed by atoms with E-state index in [1.807, 2.05) is 0 Å². The van der Waals surface area contributed by atoms with E-state index in [1.54, 1.807) is 19.1 Å². The van der Waals surface area contributed by atoms with Crippen molar-refractivity contribution in [1.29, 1.82) is 0 Å². The lowest BCUT2D eigenvalue weighted by atomic mass is 9.96. The SMILES string of the molecule is Cc1cccc(C(=O)N2N=C(C(F)(F)F)C[C@@]2(O)c2ccc(Cl)cc2)c1. The van der Waals surface area contributed by atoms with Crippen molar-refractivity contribution in [3.8, 4) is 0 Å². The lowest BCUT2D eigenvalue weighted by molar-refractivity contribution is -0.0816. The summed E-state index contributed by atoms with van der Waals surface area (Å²) < 4.78 is 39.6. The molecule has 0 aromatic heterocycles. The van der Waals surface area contributed by atoms with Gasteiger partial charge >= 0.3 is 6.18 Å². The molecule has 0 aliphatic carbocycles. The lowest BCUT2D eigenvalue weighted by Gasteiger charge is -2.31. The molecular weight excluding hydrogens is 369 g/mol. The molecule has 0 saturated carbocycles. The minimum Gasteiger partial charge on any atom is -0.365 e. The van der Waals surface area contributed by atoms with E-state index < -0.39 is 29.9 Å². The number of hydrazone groups is 1. The molecule has 1 aliphatic rings. The average Bonchev–Trinajstić information content (AvgIpc) is 2.94. The van der Waals surface area contributed by atoms with Crippen LogP contribution in [0.3, 0.4) is 0 Å². The molecule has 1 amide bonds. The molecule has 4 nitrogen and oxygen atoms in total. The molecule has 1 heterocycles. The van der Waals surface area contributed by atoms with E-state index in [2.05, 4.69) is 5.10 Å². The molecule has 0 fully saturated rings. The zero-order valence-corrected chi connectivity index (χ0v) is 14.3. The summed E-state index contributed by atoms with van der Waals surface area (Å²) in [4.78, 5) is 12.8. The summed E-state index contributed by atoms with van der Waals surface area (Å²) in [7, 11) is 0. The van der Waals surface area contributed by atoms with Gasteiger partial charge in [-0.1, -0.05) is 41.4 Å². The molecule has 2 aromatic rings. The Morgan fingerprint density at radius 1 is 1.23 bits per heavy atom. The predicted molar refractivity (Wildman–Crippen MR) is 90.8 cm³/mol. The van der Waals surface area contributed by atoms with Crippen LogP contribution in [0.4, 0.5) is 13.2 Å². The maximum Gasteiger partial charge on any atom is 0.431 e. The number of alkyl halides is 3. The van der Waals surface area contributed by atoms with Gasteiger partial charge in [0.25, 0.3) is 5.91 Å². The third-order valence-corrected chi connectivity index (χ3v) is 4.33. The van der Waals surface area contributed by atoms with Crippen LogP contribution in [0.2, 0.25) is 5.02 Å². The Bertz CT molecular complexity index is 881. The summed E-state index contributed by atoms with van der Waals surface area (Å²) in [6.07, 6.45) is -5.63. The van der Waals surface area contributed by atoms with Crippen LogP contribution in [-0.4, -0.2) is 27.9 Å². The third kappa shape index (κ3) is 3.32. The van der Waals surface area contributed by atoms with Gasteiger partial charge in [-0.2, -0.15) is 23.3 Å². The molecule has 0 radical (unpaired) electrons. The smallest absolute Gasteiger partial charge is 0.365 e. The molecule has 0 spiro atoms. The minimum atomic E-state index is -4.76. The van der Waals surface area contributed by atoms with Gasteiger partial charge in [0.05, 0.1) is 6.42 Å². The molecule has 0 saturated heterocycles. The van der Waals surface area contributed by atoms with Gasteiger partial charge < -0.3 is 5.11 Å². The van der Waals surface area contributed by atoms with Gasteiger partial charge in [0.15, 0.2) is 5.72 Å². The van der Waals surface area contributed by atoms with Crippen LogP contribution in [0.1, 0.15) is 27.9 Å². The normalized spacial score (nSPS) is 20.2. The molecule has 1 N–H and O–H groups in total. The number of carbonyl (C=O) groups excluding carboxylic acids is 1. The van der Waals surface area contributed by atoms with E-state index in [0.717, 1.165) is 5.56 Å². The second kappa shape index (κ2) is 6.41. The summed E-state index contributed by atoms with van der Waals surface area (Å²) in [5.74, 6) is -0.828. The Hall–Kier alpha value is -2.38. The molecule has 1 aliphatic heterocycles. The number of nitrogens with zero attached hydrogens (tertiary/aromatic N) is 2. The topological polar surface area (TPSA) is 52.9 Å². The maximum absolute atomic E-state index is 13.2. The first kappa shape index (κ1) is 18.4. The highest BCUT2D eigenvalue weighted by Crippen LogP contribution is 2.40. The fraction of sp³-hybridized carbons (Fsp3) is 0.222. The van der Waals surface area contributed by atoms with Crippen LogP contribution < -0.4 is 0 Å². The largest absolute Gasteiger partial charge is 0.431 e. The van der Waals surface area contributed by atoms with E-state index in [4.69, 9.17) is 11.6 Å². The maximum atomic E-state index is 13.2. The van der Waals surface area contributed by atoms with Gasteiger partial charge in [0.2, 0.25) is 0 Å². The van der Waals surface area contributed by atoms with Gasteiger partial charge in [-0.15, -0.1) is 0 Å². The van der Waals surface area contributed by atoms with Crippen LogP contribution in [0.5, 0.6) is 0 Å². The van der Waals surface area contributed by atoms with E-state index in [1.165, 1.54) is 36.4 Å². The third-order valence-electron chi connectivity index (χ3n) is 4.08. The van der Waals surface area contributed by atoms with Crippen molar-refractivity contribution in [2.24, 2.45) is 5.10 Å². The van der Waals surface area contributed by atoms with Gasteiger partial charge in [0.1, 0.15) is 5.71 Å². The number of benzene rings is 2. The predicted octanol–water partition coefficient (Wildman–Crippen LogP) is 4.26. The lowest BCUT2D eigenvalue weighted by Crippen LogP contribution is -2.43. The summed E-state index contributed by atoms with van der Waals surface area (Å²) >= 11 is 5.81. The number of carbonyl (C=O) groups is 1. The molecule has 8 heteroatoms. The second-order valence-corrected chi connectivity index (χ2v) is 6.47. The van der Waals surface area contributed by atoms with Crippen molar-refractivity contribution in [2.45, 2.75) is 25.2 Å². The van der Waals surface area contributed by atoms with Crippen LogP contribution in [-0.2, 0) is 5.72 Å². The summed E-state index contributed by atoms with van der Waals surface area (Å²) in [5, 5.41) is 15.2. The highest BCUT2D eigenvalue weighted by Gasteiger charge is 2.53. The first-order valence-electron chi connectivity index (χ1n) is 7.65. The Kier molecular flexibility index (Phi) is 4.54. The standard InChI is InChI=1S/C18H14ClF3N2O2/c1-11-3-2-4-12(9-11)16(25)24-17(26,10-15(23-24)18(20,21)22)13-5-7-14(19)8-6-13/h2-9,26H,10H2,1H3/t17-/m1/s1. The number of hydrogen-bond acceptors (Lipinski definition) is 3. The summed E-state index contributed by atoms with van der Waals surface area (Å²) in [5.41, 5.74) is -2.51. The second-order valence-electron chi connectivity index (χ2n) is 6.03. The first-order chi connectivity index (χ1) is 12.1. The molecule has 0 unspecified atom stereocenters. The minimum absolute atomic E-state index is 0.0888. The Morgan fingerprint density at radius 2 is 1.88 bits per heavy atom. The number of halogens is 4. The van der Waals surface area contributed by atoms with Crippen LogP contribution >= 0.6 is 11.6 Å². The van der Waals surface area contributed by atoms with E-state index in [-0.39, 0.29) is 11.1 Å². The highest BCUT2D eigenvalue weighted by atomic mass is 35.5. The number of hydrogen-bond donors (Lipinski definition) is 1. The van der Waals surface area contributed by atoms with E-state index in [0.29, 0.717) is 10.0 Å². The Morgan fingerprint density at radius 3 is 2.46 bits per heavy atom. The number of aliphatic hydroxyl groups is 1. The average molecular weight is 383 g/mol. The van der Waals surface area contributed by atoms with E-state index >= 15 is 0 Å². The molecule has 0 bridgehead atoms. The van der Waals surface area contributed by atoms with Crippen molar-refractivity contribution in [3.05, 3.63) is 70.2 Å². The molecular formula is C18H14ClF3N2O2. The van der Waals surface area contributed by atoms with Crippen LogP contribution in [0.15, 0.2) is 53.6 Å². The number of rotatable bonds is 2. The molecule has 2 aromatic carbocycles. The Labute approximate surface area is 152 Å². The van der Waals surface area contributed by atoms with Crippen molar-refractivity contribution in [3.63, 3.8) is 0 Å². The fourth-order valence-corrected chi connectivity index (χ4v) is 2.88. The van der Waals surface area contributed by atoms with Crippen molar-refractivity contribution >= 4 is 23.2 Å². The monoisotopic (exact) mass is 382 g/mol. The van der Waals surface area contributed by atoms with Crippen LogP contribution in [0.25, 0.3) is 0 Å². The van der Waals surface area contributed by atoms with Gasteiger partial charge in [-0.05, 0) is 31.2 Å². The number of amides is 1. The quantitative estimate of drug-likeness (QED) is 0.843. The zero-order chi connectivity index (χ0) is 19.1. The summed E-state index contributed by atoms with van der Waals surface area (Å²) in [6.45, 7) is 1.75. The van der Waals surface area contributed by atoms with Crippen molar-refractivity contribution < 1.29 is 23.1 Å². The summed E-state index contributed by atoms with van der Waals surface area (Å²) in [6, 6.07) is 11.9. The van der Waals surface area contributed by atoms with Crippen molar-refractivity contribution in [1.82, 2.24) is 5.01 Å². The van der Waals surface area contributed by atoms with E-state index in [9.17, 15) is 23.1 Å². The molecule has 1 atom stereocenters. The molecule has 26 heavy (non-hydrogen) atoms. The van der Waals surface area contributed by atoms with Crippen LogP contribution in [0, 0.1) is 6.92 Å². The Balaban J connectivity index is 2.08. The molecule has 136 valence electrons. The fourth-order valence-electron chi connectivity index (χ4n) is 2.76. The van der Waals surface area contributed by atoms with Gasteiger partial charge in [-0.25, -0.2) is 0 Å². The van der Waals surface area contributed by atoms with Gasteiger partial charge in [-0.3, -0.25) is 4.79 Å². The first-order valence-corrected chi connectivity index (χ1v) is 8.03. The number of aryl methyl sites for hydroxylation is 1. The van der Waals surface area contributed by atoms with Crippen molar-refractivity contribution in [2.75, 3.05) is 0 Å². The zero-order valence-electron chi connectivity index (χ0n) is 13.6. The highest BCUT2D eigenvalue weighted by molar-refractivity contribution is 6.30. The molecule has 3 rings (SSSR count). The van der Waals surface area contributed by atoms with Gasteiger partial charge in [0, 0.05) is 16.1 Å².